The first-order valence-corrected chi connectivity index (χ1v) is 6.58. The van der Waals surface area contributed by atoms with E-state index in [1.165, 1.54) is 7.11 Å². The summed E-state index contributed by atoms with van der Waals surface area (Å²) in [6.07, 6.45) is 1.67. The number of hydrogen-bond donors (Lipinski definition) is 1. The monoisotopic (exact) mass is 301 g/mol. The van der Waals surface area contributed by atoms with Crippen molar-refractivity contribution in [2.24, 2.45) is 0 Å². The van der Waals surface area contributed by atoms with Crippen LogP contribution in [-0.2, 0) is 0 Å². The number of pyridine rings is 2. The van der Waals surface area contributed by atoms with E-state index in [0.717, 1.165) is 5.39 Å². The molecule has 106 valence electrons. The van der Waals surface area contributed by atoms with Crippen molar-refractivity contribution in [2.75, 3.05) is 12.8 Å². The zero-order valence-corrected chi connectivity index (χ0v) is 12.0. The fraction of sp³-hybridized carbons (Fsp3) is 0.0667. The Bertz CT molecular complexity index is 808. The molecule has 0 spiro atoms. The lowest BCUT2D eigenvalue weighted by Crippen LogP contribution is -1.98. The van der Waals surface area contributed by atoms with Gasteiger partial charge in [0.05, 0.1) is 17.8 Å². The molecular weight excluding hydrogens is 290 g/mol. The van der Waals surface area contributed by atoms with Crippen LogP contribution in [0.4, 0.5) is 5.69 Å². The standard InChI is InChI=1S/C15H12ClN3O2/c1-20-13-7-5-11(17)15(19-13)21-12-6-4-10(16)9-3-2-8-18-14(9)12/h2-8H,17H2,1H3. The second kappa shape index (κ2) is 5.46. The maximum atomic E-state index is 6.16. The van der Waals surface area contributed by atoms with Crippen molar-refractivity contribution in [1.82, 2.24) is 9.97 Å². The molecule has 2 N–H and O–H groups in total. The van der Waals surface area contributed by atoms with Gasteiger partial charge in [0.1, 0.15) is 5.52 Å². The highest BCUT2D eigenvalue weighted by molar-refractivity contribution is 6.35. The molecule has 2 heterocycles. The van der Waals surface area contributed by atoms with Crippen molar-refractivity contribution in [3.8, 4) is 17.5 Å². The van der Waals surface area contributed by atoms with Crippen LogP contribution in [0.2, 0.25) is 5.02 Å². The minimum atomic E-state index is 0.267. The molecule has 0 aliphatic carbocycles. The molecule has 0 fully saturated rings. The number of benzene rings is 1. The van der Waals surface area contributed by atoms with E-state index in [4.69, 9.17) is 26.8 Å². The molecule has 21 heavy (non-hydrogen) atoms. The summed E-state index contributed by atoms with van der Waals surface area (Å²) in [5, 5.41) is 1.41. The van der Waals surface area contributed by atoms with Crippen molar-refractivity contribution < 1.29 is 9.47 Å². The third-order valence-electron chi connectivity index (χ3n) is 2.96. The van der Waals surface area contributed by atoms with Gasteiger partial charge in [-0.3, -0.25) is 4.98 Å². The number of methoxy groups -OCH3 is 1. The van der Waals surface area contributed by atoms with Crippen molar-refractivity contribution in [3.63, 3.8) is 0 Å². The third kappa shape index (κ3) is 2.55. The lowest BCUT2D eigenvalue weighted by molar-refractivity contribution is 0.384. The number of halogens is 1. The number of rotatable bonds is 3. The van der Waals surface area contributed by atoms with Gasteiger partial charge in [-0.25, -0.2) is 0 Å². The molecule has 2 aromatic heterocycles. The molecule has 0 saturated heterocycles. The van der Waals surface area contributed by atoms with Gasteiger partial charge in [0.15, 0.2) is 5.75 Å². The number of aromatic nitrogens is 2. The van der Waals surface area contributed by atoms with Crippen LogP contribution >= 0.6 is 11.6 Å². The van der Waals surface area contributed by atoms with Crippen molar-refractivity contribution >= 4 is 28.2 Å². The van der Waals surface area contributed by atoms with Gasteiger partial charge >= 0.3 is 0 Å². The quantitative estimate of drug-likeness (QED) is 0.799. The Balaban J connectivity index is 2.08. The van der Waals surface area contributed by atoms with Crippen LogP contribution in [0.3, 0.4) is 0 Å². The first-order valence-electron chi connectivity index (χ1n) is 6.20. The molecule has 0 atom stereocenters. The minimum Gasteiger partial charge on any atom is -0.481 e. The second-order valence-corrected chi connectivity index (χ2v) is 4.70. The Kier molecular flexibility index (Phi) is 3.50. The Morgan fingerprint density at radius 3 is 2.81 bits per heavy atom. The molecule has 0 saturated carbocycles. The topological polar surface area (TPSA) is 70.3 Å². The highest BCUT2D eigenvalue weighted by Crippen LogP contribution is 2.34. The maximum Gasteiger partial charge on any atom is 0.246 e. The molecule has 0 amide bonds. The molecule has 5 nitrogen and oxygen atoms in total. The molecule has 0 unspecified atom stereocenters. The molecule has 0 bridgehead atoms. The van der Waals surface area contributed by atoms with Gasteiger partial charge in [-0.15, -0.1) is 0 Å². The predicted molar refractivity (Wildman–Crippen MR) is 82.0 cm³/mol. The summed E-state index contributed by atoms with van der Waals surface area (Å²) in [6, 6.07) is 10.5. The highest BCUT2D eigenvalue weighted by atomic mass is 35.5. The summed E-state index contributed by atoms with van der Waals surface area (Å²) < 4.78 is 10.9. The second-order valence-electron chi connectivity index (χ2n) is 4.30. The van der Waals surface area contributed by atoms with Crippen LogP contribution < -0.4 is 15.2 Å². The van der Waals surface area contributed by atoms with Gasteiger partial charge in [-0.2, -0.15) is 4.98 Å². The van der Waals surface area contributed by atoms with E-state index >= 15 is 0 Å². The summed E-state index contributed by atoms with van der Waals surface area (Å²) in [4.78, 5) is 8.49. The van der Waals surface area contributed by atoms with E-state index in [9.17, 15) is 0 Å². The summed E-state index contributed by atoms with van der Waals surface area (Å²) in [5.41, 5.74) is 6.94. The summed E-state index contributed by atoms with van der Waals surface area (Å²) in [6.45, 7) is 0. The van der Waals surface area contributed by atoms with E-state index in [2.05, 4.69) is 9.97 Å². The van der Waals surface area contributed by atoms with Crippen molar-refractivity contribution in [2.45, 2.75) is 0 Å². The van der Waals surface area contributed by atoms with Crippen molar-refractivity contribution in [3.05, 3.63) is 47.6 Å². The van der Waals surface area contributed by atoms with E-state index in [1.807, 2.05) is 12.1 Å². The van der Waals surface area contributed by atoms with Crippen LogP contribution in [-0.4, -0.2) is 17.1 Å². The smallest absolute Gasteiger partial charge is 0.246 e. The molecule has 0 aliphatic heterocycles. The van der Waals surface area contributed by atoms with Crippen molar-refractivity contribution in [1.29, 1.82) is 0 Å². The highest BCUT2D eigenvalue weighted by Gasteiger charge is 2.11. The molecule has 1 aromatic carbocycles. The molecule has 3 aromatic rings. The first kappa shape index (κ1) is 13.5. The average Bonchev–Trinajstić information content (AvgIpc) is 2.52. The molecule has 3 rings (SSSR count). The normalized spacial score (nSPS) is 10.6. The number of ether oxygens (including phenoxy) is 2. The third-order valence-corrected chi connectivity index (χ3v) is 3.29. The van der Waals surface area contributed by atoms with Gasteiger partial charge < -0.3 is 15.2 Å². The Morgan fingerprint density at radius 1 is 1.14 bits per heavy atom. The maximum absolute atomic E-state index is 6.16. The minimum absolute atomic E-state index is 0.267. The number of nitrogens with zero attached hydrogens (tertiary/aromatic N) is 2. The Hall–Kier alpha value is -2.53. The summed E-state index contributed by atoms with van der Waals surface area (Å²) >= 11 is 6.16. The average molecular weight is 302 g/mol. The molecule has 6 heteroatoms. The molecule has 0 aliphatic rings. The fourth-order valence-electron chi connectivity index (χ4n) is 1.93. The lowest BCUT2D eigenvalue weighted by Gasteiger charge is -2.11. The van der Waals surface area contributed by atoms with Crippen LogP contribution in [0.15, 0.2) is 42.6 Å². The van der Waals surface area contributed by atoms with Crippen LogP contribution in [0.25, 0.3) is 10.9 Å². The van der Waals surface area contributed by atoms with Gasteiger partial charge in [0.25, 0.3) is 0 Å². The fourth-order valence-corrected chi connectivity index (χ4v) is 2.14. The Morgan fingerprint density at radius 2 is 2.00 bits per heavy atom. The predicted octanol–water partition coefficient (Wildman–Crippen LogP) is 3.67. The van der Waals surface area contributed by atoms with E-state index in [0.29, 0.717) is 27.9 Å². The van der Waals surface area contributed by atoms with Gasteiger partial charge in [0.2, 0.25) is 11.8 Å². The number of fused-ring (bicyclic) bond motifs is 1. The van der Waals surface area contributed by atoms with Gasteiger partial charge in [-0.1, -0.05) is 11.6 Å². The number of anilines is 1. The van der Waals surface area contributed by atoms with Gasteiger partial charge in [-0.05, 0) is 30.3 Å². The number of hydrogen-bond acceptors (Lipinski definition) is 5. The van der Waals surface area contributed by atoms with E-state index in [-0.39, 0.29) is 5.88 Å². The van der Waals surface area contributed by atoms with E-state index in [1.54, 1.807) is 30.5 Å². The first-order chi connectivity index (χ1) is 10.2. The van der Waals surface area contributed by atoms with Crippen LogP contribution in [0.5, 0.6) is 17.5 Å². The number of nitrogens with two attached hydrogens (primary N) is 1. The van der Waals surface area contributed by atoms with Crippen LogP contribution in [0, 0.1) is 0 Å². The zero-order valence-electron chi connectivity index (χ0n) is 11.2. The number of nitrogen functional groups attached to an aromatic ring is 1. The Labute approximate surface area is 126 Å². The molecular formula is C15H12ClN3O2. The summed E-state index contributed by atoms with van der Waals surface area (Å²) in [5.74, 6) is 1.22. The van der Waals surface area contributed by atoms with Crippen LogP contribution in [0.1, 0.15) is 0 Å². The largest absolute Gasteiger partial charge is 0.481 e. The zero-order chi connectivity index (χ0) is 14.8. The summed E-state index contributed by atoms with van der Waals surface area (Å²) in [7, 11) is 1.53. The SMILES string of the molecule is COc1ccc(N)c(Oc2ccc(Cl)c3cccnc23)n1. The molecule has 0 radical (unpaired) electrons. The van der Waals surface area contributed by atoms with Gasteiger partial charge in [0, 0.05) is 17.6 Å². The lowest BCUT2D eigenvalue weighted by atomic mass is 10.2. The van der Waals surface area contributed by atoms with E-state index < -0.39 is 0 Å².